The van der Waals surface area contributed by atoms with Crippen molar-refractivity contribution in [3.8, 4) is 0 Å². The largest absolute Gasteiger partial charge is 0.477 e. The number of nitrogens with one attached hydrogen (secondary N) is 2. The third-order valence-corrected chi connectivity index (χ3v) is 3.15. The highest BCUT2D eigenvalue weighted by Gasteiger charge is 2.29. The number of aromatic nitrogens is 1. The van der Waals surface area contributed by atoms with Crippen LogP contribution in [-0.4, -0.2) is 22.0 Å². The van der Waals surface area contributed by atoms with Crippen molar-refractivity contribution >= 4 is 11.9 Å². The molecule has 0 saturated carbocycles. The molecule has 0 spiro atoms. The number of rotatable bonds is 4. The highest BCUT2D eigenvalue weighted by Crippen LogP contribution is 2.29. The minimum absolute atomic E-state index is 0.117. The minimum atomic E-state index is -4.45. The summed E-state index contributed by atoms with van der Waals surface area (Å²) < 4.78 is 37.3. The summed E-state index contributed by atoms with van der Waals surface area (Å²) in [6, 6.07) is 4.14. The molecule has 1 aromatic heterocycles. The van der Waals surface area contributed by atoms with E-state index in [0.29, 0.717) is 5.56 Å². The van der Waals surface area contributed by atoms with Crippen LogP contribution in [0.15, 0.2) is 41.5 Å². The van der Waals surface area contributed by atoms with Gasteiger partial charge in [0.15, 0.2) is 0 Å². The Morgan fingerprint density at radius 1 is 1.08 bits per heavy atom. The third kappa shape index (κ3) is 3.80. The molecule has 3 N–H and O–H groups in total. The molecule has 1 heterocycles. The number of carbonyl (C=O) groups is 2. The van der Waals surface area contributed by atoms with Gasteiger partial charge in [0.2, 0.25) is 5.43 Å². The monoisotopic (exact) mass is 340 g/mol. The first-order valence-electron chi connectivity index (χ1n) is 6.59. The fourth-order valence-electron chi connectivity index (χ4n) is 1.90. The average Bonchev–Trinajstić information content (AvgIpc) is 2.52. The number of hydrogen-bond acceptors (Lipinski definition) is 3. The van der Waals surface area contributed by atoms with E-state index >= 15 is 0 Å². The Labute approximate surface area is 132 Å². The van der Waals surface area contributed by atoms with Gasteiger partial charge in [-0.1, -0.05) is 12.1 Å². The Bertz CT molecular complexity index is 826. The van der Waals surface area contributed by atoms with E-state index in [9.17, 15) is 27.6 Å². The van der Waals surface area contributed by atoms with Crippen molar-refractivity contribution < 1.29 is 27.9 Å². The van der Waals surface area contributed by atoms with Crippen LogP contribution in [0, 0.1) is 0 Å². The first-order valence-corrected chi connectivity index (χ1v) is 6.59. The molecule has 0 unspecified atom stereocenters. The Balaban J connectivity index is 2.10. The molecule has 1 aromatic carbocycles. The zero-order valence-electron chi connectivity index (χ0n) is 12.0. The second kappa shape index (κ2) is 6.57. The van der Waals surface area contributed by atoms with Gasteiger partial charge >= 0.3 is 12.1 Å². The van der Waals surface area contributed by atoms with E-state index in [1.54, 1.807) is 0 Å². The number of alkyl halides is 3. The average molecular weight is 340 g/mol. The molecule has 0 fully saturated rings. The summed E-state index contributed by atoms with van der Waals surface area (Å²) in [5, 5.41) is 11.2. The Hall–Kier alpha value is -3.10. The van der Waals surface area contributed by atoms with Gasteiger partial charge < -0.3 is 15.4 Å². The summed E-state index contributed by atoms with van der Waals surface area (Å²) in [5.41, 5.74) is -2.37. The van der Waals surface area contributed by atoms with Crippen molar-refractivity contribution in [3.05, 3.63) is 69.1 Å². The van der Waals surface area contributed by atoms with Crippen LogP contribution < -0.4 is 10.7 Å². The van der Waals surface area contributed by atoms with Crippen LogP contribution >= 0.6 is 0 Å². The lowest BCUT2D eigenvalue weighted by molar-refractivity contribution is -0.137. The Kier molecular flexibility index (Phi) is 4.72. The van der Waals surface area contributed by atoms with Crippen LogP contribution in [0.3, 0.4) is 0 Å². The summed E-state index contributed by atoms with van der Waals surface area (Å²) in [5.74, 6) is -2.31. The van der Waals surface area contributed by atoms with Gasteiger partial charge in [0.05, 0.1) is 5.56 Å². The molecule has 0 radical (unpaired) electrons. The zero-order valence-corrected chi connectivity index (χ0v) is 12.0. The molecule has 6 nitrogen and oxygen atoms in total. The zero-order chi connectivity index (χ0) is 17.9. The Morgan fingerprint density at radius 2 is 1.67 bits per heavy atom. The molecule has 1 amide bonds. The SMILES string of the molecule is O=C(O)c1c[nH]cc(C(=O)NCc2ccc(C(F)(F)F)cc2)c1=O. The normalized spacial score (nSPS) is 11.1. The summed E-state index contributed by atoms with van der Waals surface area (Å²) >= 11 is 0. The molecule has 2 rings (SSSR count). The summed E-state index contributed by atoms with van der Waals surface area (Å²) in [6.45, 7) is -0.117. The van der Waals surface area contributed by atoms with Crippen LogP contribution in [-0.2, 0) is 12.7 Å². The van der Waals surface area contributed by atoms with Crippen LogP contribution in [0.4, 0.5) is 13.2 Å². The van der Waals surface area contributed by atoms with E-state index < -0.39 is 40.2 Å². The van der Waals surface area contributed by atoms with Gasteiger partial charge in [0.25, 0.3) is 5.91 Å². The molecule has 0 bridgehead atoms. The van der Waals surface area contributed by atoms with E-state index in [1.165, 1.54) is 12.1 Å². The number of hydrogen-bond donors (Lipinski definition) is 3. The number of carbonyl (C=O) groups excluding carboxylic acids is 1. The lowest BCUT2D eigenvalue weighted by atomic mass is 10.1. The topological polar surface area (TPSA) is 99.3 Å². The quantitative estimate of drug-likeness (QED) is 0.793. The Morgan fingerprint density at radius 3 is 2.21 bits per heavy atom. The standard InChI is InChI=1S/C15H11F3N2O4/c16-15(17,18)9-3-1-8(2-4-9)5-20-13(22)10-6-19-7-11(12(10)21)14(23)24/h1-4,6-7H,5H2,(H,19,21)(H,20,22)(H,23,24). The lowest BCUT2D eigenvalue weighted by Crippen LogP contribution is -2.30. The number of H-pyrrole nitrogens is 1. The van der Waals surface area contributed by atoms with Crippen LogP contribution in [0.2, 0.25) is 0 Å². The van der Waals surface area contributed by atoms with E-state index in [2.05, 4.69) is 10.3 Å². The molecule has 9 heteroatoms. The number of amides is 1. The van der Waals surface area contributed by atoms with Crippen molar-refractivity contribution in [1.29, 1.82) is 0 Å². The molecule has 126 valence electrons. The van der Waals surface area contributed by atoms with Crippen molar-refractivity contribution in [1.82, 2.24) is 10.3 Å². The number of carboxylic acids is 1. The minimum Gasteiger partial charge on any atom is -0.477 e. The number of benzene rings is 1. The summed E-state index contributed by atoms with van der Waals surface area (Å²) in [7, 11) is 0. The fourth-order valence-corrected chi connectivity index (χ4v) is 1.90. The molecule has 0 aliphatic carbocycles. The first-order chi connectivity index (χ1) is 11.2. The van der Waals surface area contributed by atoms with E-state index in [1.807, 2.05) is 0 Å². The van der Waals surface area contributed by atoms with Gasteiger partial charge in [-0.05, 0) is 17.7 Å². The van der Waals surface area contributed by atoms with Gasteiger partial charge in [-0.15, -0.1) is 0 Å². The third-order valence-electron chi connectivity index (χ3n) is 3.15. The maximum Gasteiger partial charge on any atom is 0.416 e. The molecule has 0 atom stereocenters. The number of carboxylic acid groups (broad SMARTS) is 1. The molecular formula is C15H11F3N2O4. The van der Waals surface area contributed by atoms with Crippen molar-refractivity contribution in [2.24, 2.45) is 0 Å². The van der Waals surface area contributed by atoms with E-state index in [-0.39, 0.29) is 6.54 Å². The van der Waals surface area contributed by atoms with Gasteiger partial charge in [0, 0.05) is 18.9 Å². The molecule has 2 aromatic rings. The van der Waals surface area contributed by atoms with Crippen molar-refractivity contribution in [2.75, 3.05) is 0 Å². The summed E-state index contributed by atoms with van der Waals surface area (Å²) in [6.07, 6.45) is -2.44. The van der Waals surface area contributed by atoms with Crippen LogP contribution in [0.5, 0.6) is 0 Å². The lowest BCUT2D eigenvalue weighted by Gasteiger charge is -2.08. The van der Waals surface area contributed by atoms with Crippen LogP contribution in [0.25, 0.3) is 0 Å². The second-order valence-corrected chi connectivity index (χ2v) is 4.79. The first kappa shape index (κ1) is 17.3. The van der Waals surface area contributed by atoms with Gasteiger partial charge in [-0.25, -0.2) is 4.79 Å². The molecule has 24 heavy (non-hydrogen) atoms. The van der Waals surface area contributed by atoms with E-state index in [0.717, 1.165) is 24.5 Å². The van der Waals surface area contributed by atoms with E-state index in [4.69, 9.17) is 5.11 Å². The molecular weight excluding hydrogens is 329 g/mol. The highest BCUT2D eigenvalue weighted by molar-refractivity contribution is 5.96. The van der Waals surface area contributed by atoms with Gasteiger partial charge in [0.1, 0.15) is 11.1 Å². The smallest absolute Gasteiger partial charge is 0.416 e. The number of halogens is 3. The number of aromatic carboxylic acids is 1. The fraction of sp³-hybridized carbons (Fsp3) is 0.133. The maximum absolute atomic E-state index is 12.4. The van der Waals surface area contributed by atoms with Gasteiger partial charge in [-0.2, -0.15) is 13.2 Å². The molecule has 0 saturated heterocycles. The molecule has 0 aliphatic heterocycles. The van der Waals surface area contributed by atoms with Crippen molar-refractivity contribution in [2.45, 2.75) is 12.7 Å². The van der Waals surface area contributed by atoms with Crippen LogP contribution in [0.1, 0.15) is 31.8 Å². The number of pyridine rings is 1. The van der Waals surface area contributed by atoms with Crippen molar-refractivity contribution in [3.63, 3.8) is 0 Å². The van der Waals surface area contributed by atoms with Gasteiger partial charge in [-0.3, -0.25) is 9.59 Å². The predicted molar refractivity (Wildman–Crippen MR) is 76.6 cm³/mol. The second-order valence-electron chi connectivity index (χ2n) is 4.79. The summed E-state index contributed by atoms with van der Waals surface area (Å²) in [4.78, 5) is 37.0. The molecule has 0 aliphatic rings. The maximum atomic E-state index is 12.4. The predicted octanol–water partition coefficient (Wildman–Crippen LogP) is 2.02. The number of aromatic amines is 1. The highest BCUT2D eigenvalue weighted by atomic mass is 19.4.